The molecule has 0 radical (unpaired) electrons. The minimum atomic E-state index is 0.309. The summed E-state index contributed by atoms with van der Waals surface area (Å²) in [7, 11) is 0. The van der Waals surface area contributed by atoms with Gasteiger partial charge >= 0.3 is 0 Å². The van der Waals surface area contributed by atoms with Crippen molar-refractivity contribution in [1.82, 2.24) is 19.9 Å². The van der Waals surface area contributed by atoms with Gasteiger partial charge in [-0.1, -0.05) is 12.1 Å². The SMILES string of the molecule is CCN1CC2OCc3cnnn3[C@@H]2C1. The molecule has 0 spiro atoms. The first-order valence-corrected chi connectivity index (χ1v) is 5.11. The molecule has 5 nitrogen and oxygen atoms in total. The van der Waals surface area contributed by atoms with Crippen molar-refractivity contribution in [2.24, 2.45) is 0 Å². The van der Waals surface area contributed by atoms with E-state index in [-0.39, 0.29) is 0 Å². The summed E-state index contributed by atoms with van der Waals surface area (Å²) in [6.07, 6.45) is 2.11. The fourth-order valence-corrected chi connectivity index (χ4v) is 2.33. The lowest BCUT2D eigenvalue weighted by atomic mass is 10.2. The standard InChI is InChI=1S/C9H14N4O/c1-2-12-4-8-9(5-12)14-6-7-3-10-11-13(7)8/h3,8-9H,2,4-6H2,1H3/t8-,9?/m1/s1. The van der Waals surface area contributed by atoms with E-state index in [4.69, 9.17) is 4.74 Å². The number of hydrogen-bond acceptors (Lipinski definition) is 4. The fraction of sp³-hybridized carbons (Fsp3) is 0.778. The van der Waals surface area contributed by atoms with Crippen LogP contribution in [0.3, 0.4) is 0 Å². The van der Waals surface area contributed by atoms with Gasteiger partial charge in [0.1, 0.15) is 0 Å². The molecule has 2 aliphatic heterocycles. The highest BCUT2D eigenvalue weighted by Crippen LogP contribution is 2.29. The summed E-state index contributed by atoms with van der Waals surface area (Å²) in [6.45, 7) is 5.99. The topological polar surface area (TPSA) is 43.2 Å². The predicted octanol–water partition coefficient (Wildman–Crippen LogP) is 0.0535. The van der Waals surface area contributed by atoms with E-state index in [0.29, 0.717) is 18.8 Å². The summed E-state index contributed by atoms with van der Waals surface area (Å²) < 4.78 is 7.81. The molecule has 3 heterocycles. The molecule has 2 aliphatic rings. The van der Waals surface area contributed by atoms with Crippen LogP contribution < -0.4 is 0 Å². The summed E-state index contributed by atoms with van der Waals surface area (Å²) in [5.74, 6) is 0. The van der Waals surface area contributed by atoms with Crippen LogP contribution >= 0.6 is 0 Å². The Kier molecular flexibility index (Phi) is 1.81. The smallest absolute Gasteiger partial charge is 0.0944 e. The zero-order valence-electron chi connectivity index (χ0n) is 8.26. The predicted molar refractivity (Wildman–Crippen MR) is 49.8 cm³/mol. The first kappa shape index (κ1) is 8.38. The lowest BCUT2D eigenvalue weighted by Gasteiger charge is -2.25. The Hall–Kier alpha value is -0.940. The summed E-state index contributed by atoms with van der Waals surface area (Å²) >= 11 is 0. The molecule has 0 N–H and O–H groups in total. The average molecular weight is 194 g/mol. The monoisotopic (exact) mass is 194 g/mol. The summed E-state index contributed by atoms with van der Waals surface area (Å²) in [6, 6.07) is 0.376. The van der Waals surface area contributed by atoms with Gasteiger partial charge in [-0.15, -0.1) is 5.10 Å². The molecule has 5 heteroatoms. The zero-order valence-corrected chi connectivity index (χ0v) is 8.26. The fourth-order valence-electron chi connectivity index (χ4n) is 2.33. The first-order chi connectivity index (χ1) is 6.88. The maximum atomic E-state index is 5.78. The second kappa shape index (κ2) is 3.03. The minimum Gasteiger partial charge on any atom is -0.368 e. The van der Waals surface area contributed by atoms with E-state index in [0.717, 1.165) is 25.3 Å². The molecule has 3 rings (SSSR count). The number of nitrogens with zero attached hydrogens (tertiary/aromatic N) is 4. The highest BCUT2D eigenvalue weighted by molar-refractivity contribution is 5.02. The largest absolute Gasteiger partial charge is 0.368 e. The summed E-state index contributed by atoms with van der Waals surface area (Å²) in [5.41, 5.74) is 1.10. The van der Waals surface area contributed by atoms with Gasteiger partial charge in [-0.2, -0.15) is 0 Å². The van der Waals surface area contributed by atoms with Gasteiger partial charge in [0.2, 0.25) is 0 Å². The molecule has 1 aromatic rings. The van der Waals surface area contributed by atoms with Crippen LogP contribution in [-0.2, 0) is 11.3 Å². The normalized spacial score (nSPS) is 31.5. The highest BCUT2D eigenvalue weighted by Gasteiger charge is 2.38. The van der Waals surface area contributed by atoms with Gasteiger partial charge in [-0.3, -0.25) is 4.90 Å². The van der Waals surface area contributed by atoms with Crippen LogP contribution in [-0.4, -0.2) is 45.6 Å². The number of ether oxygens (including phenoxy) is 1. The van der Waals surface area contributed by atoms with Gasteiger partial charge in [0, 0.05) is 13.1 Å². The molecule has 0 aliphatic carbocycles. The zero-order chi connectivity index (χ0) is 9.54. The highest BCUT2D eigenvalue weighted by atomic mass is 16.5. The lowest BCUT2D eigenvalue weighted by Crippen LogP contribution is -2.32. The molecule has 14 heavy (non-hydrogen) atoms. The van der Waals surface area contributed by atoms with Crippen LogP contribution in [0.2, 0.25) is 0 Å². The Labute approximate surface area is 82.6 Å². The Morgan fingerprint density at radius 1 is 1.57 bits per heavy atom. The van der Waals surface area contributed by atoms with E-state index in [1.807, 2.05) is 4.68 Å². The van der Waals surface area contributed by atoms with Crippen molar-refractivity contribution in [3.63, 3.8) is 0 Å². The Balaban J connectivity index is 1.91. The number of likely N-dealkylation sites (N-methyl/N-ethyl adjacent to an activating group) is 1. The minimum absolute atomic E-state index is 0.309. The third-order valence-electron chi connectivity index (χ3n) is 3.17. The maximum absolute atomic E-state index is 5.78. The van der Waals surface area contributed by atoms with Crippen molar-refractivity contribution >= 4 is 0 Å². The van der Waals surface area contributed by atoms with Crippen molar-refractivity contribution in [3.8, 4) is 0 Å². The van der Waals surface area contributed by atoms with E-state index in [1.165, 1.54) is 0 Å². The molecule has 0 aromatic carbocycles. The van der Waals surface area contributed by atoms with E-state index in [2.05, 4.69) is 22.1 Å². The van der Waals surface area contributed by atoms with Crippen LogP contribution in [0.1, 0.15) is 18.7 Å². The van der Waals surface area contributed by atoms with Crippen LogP contribution in [0.15, 0.2) is 6.20 Å². The van der Waals surface area contributed by atoms with E-state index in [9.17, 15) is 0 Å². The molecule has 76 valence electrons. The third-order valence-corrected chi connectivity index (χ3v) is 3.17. The van der Waals surface area contributed by atoms with Crippen molar-refractivity contribution < 1.29 is 4.74 Å². The van der Waals surface area contributed by atoms with Crippen LogP contribution in [0.4, 0.5) is 0 Å². The summed E-state index contributed by atoms with van der Waals surface area (Å²) in [4.78, 5) is 2.39. The molecule has 0 bridgehead atoms. The molecule has 2 atom stereocenters. The molecular formula is C9H14N4O. The van der Waals surface area contributed by atoms with Gasteiger partial charge in [0.05, 0.1) is 30.6 Å². The Bertz CT molecular complexity index is 337. The molecule has 0 saturated carbocycles. The average Bonchev–Trinajstić information content (AvgIpc) is 2.82. The second-order valence-electron chi connectivity index (χ2n) is 3.94. The van der Waals surface area contributed by atoms with Gasteiger partial charge in [0.15, 0.2) is 0 Å². The van der Waals surface area contributed by atoms with E-state index < -0.39 is 0 Å². The Morgan fingerprint density at radius 3 is 3.36 bits per heavy atom. The third kappa shape index (κ3) is 1.09. The molecule has 1 fully saturated rings. The van der Waals surface area contributed by atoms with E-state index >= 15 is 0 Å². The maximum Gasteiger partial charge on any atom is 0.0944 e. The number of fused-ring (bicyclic) bond motifs is 3. The van der Waals surface area contributed by atoms with Crippen molar-refractivity contribution in [2.75, 3.05) is 19.6 Å². The van der Waals surface area contributed by atoms with Crippen LogP contribution in [0, 0.1) is 0 Å². The second-order valence-corrected chi connectivity index (χ2v) is 3.94. The van der Waals surface area contributed by atoms with Crippen molar-refractivity contribution in [3.05, 3.63) is 11.9 Å². The first-order valence-electron chi connectivity index (χ1n) is 5.11. The molecule has 1 aromatic heterocycles. The number of hydrogen-bond donors (Lipinski definition) is 0. The number of likely N-dealkylation sites (tertiary alicyclic amines) is 1. The van der Waals surface area contributed by atoms with Crippen LogP contribution in [0.5, 0.6) is 0 Å². The number of aromatic nitrogens is 3. The molecule has 0 amide bonds. The summed E-state index contributed by atoms with van der Waals surface area (Å²) in [5, 5.41) is 8.06. The van der Waals surface area contributed by atoms with Crippen molar-refractivity contribution in [1.29, 1.82) is 0 Å². The van der Waals surface area contributed by atoms with Gasteiger partial charge < -0.3 is 4.74 Å². The van der Waals surface area contributed by atoms with Gasteiger partial charge in [0.25, 0.3) is 0 Å². The van der Waals surface area contributed by atoms with Crippen LogP contribution in [0.25, 0.3) is 0 Å². The molecule has 1 unspecified atom stereocenters. The van der Waals surface area contributed by atoms with Crippen molar-refractivity contribution in [2.45, 2.75) is 25.7 Å². The quantitative estimate of drug-likeness (QED) is 0.633. The lowest BCUT2D eigenvalue weighted by molar-refractivity contribution is -0.00497. The van der Waals surface area contributed by atoms with Gasteiger partial charge in [-0.25, -0.2) is 4.68 Å². The van der Waals surface area contributed by atoms with Gasteiger partial charge in [-0.05, 0) is 6.54 Å². The molecule has 1 saturated heterocycles. The molecular weight excluding hydrogens is 180 g/mol. The Morgan fingerprint density at radius 2 is 2.50 bits per heavy atom. The number of rotatable bonds is 1. The van der Waals surface area contributed by atoms with E-state index in [1.54, 1.807) is 6.20 Å².